The summed E-state index contributed by atoms with van der Waals surface area (Å²) < 4.78 is 22.1. The van der Waals surface area contributed by atoms with Crippen molar-refractivity contribution in [1.82, 2.24) is 0 Å². The number of primary sulfonamides is 1. The predicted molar refractivity (Wildman–Crippen MR) is 49.8 cm³/mol. The van der Waals surface area contributed by atoms with E-state index >= 15 is 0 Å². The maximum Gasteiger partial charge on any atom is 0.239 e. The van der Waals surface area contributed by atoms with Crippen molar-refractivity contribution in [3.05, 3.63) is 28.2 Å². The molecule has 5 nitrogen and oxygen atoms in total. The van der Waals surface area contributed by atoms with Crippen LogP contribution in [0.2, 0.25) is 0 Å². The second-order valence-corrected chi connectivity index (χ2v) is 4.86. The molecule has 0 aliphatic carbocycles. The molecular weight excluding hydrogens is 274 g/mol. The number of benzene rings is 1. The van der Waals surface area contributed by atoms with Crippen LogP contribution in [-0.2, 0) is 10.0 Å². The Kier molecular flexibility index (Phi) is 2.93. The Bertz CT molecular complexity index is 482. The van der Waals surface area contributed by atoms with Gasteiger partial charge in [0.2, 0.25) is 10.0 Å². The number of rotatable bonds is 2. The van der Waals surface area contributed by atoms with Crippen LogP contribution >= 0.6 is 15.9 Å². The highest BCUT2D eigenvalue weighted by Crippen LogP contribution is 2.21. The summed E-state index contributed by atoms with van der Waals surface area (Å²) in [7, 11) is -3.93. The van der Waals surface area contributed by atoms with E-state index in [9.17, 15) is 18.3 Å². The molecule has 1 rings (SSSR count). The van der Waals surface area contributed by atoms with Crippen molar-refractivity contribution >= 4 is 31.9 Å². The molecule has 0 radical (unpaired) electrons. The number of hydrogen-bond donors (Lipinski definition) is 1. The minimum absolute atomic E-state index is 0.213. The van der Waals surface area contributed by atoms with Gasteiger partial charge < -0.3 is 9.90 Å². The smallest absolute Gasteiger partial charge is 0.239 e. The van der Waals surface area contributed by atoms with Gasteiger partial charge in [-0.2, -0.15) is 0 Å². The van der Waals surface area contributed by atoms with Crippen molar-refractivity contribution in [1.29, 1.82) is 0 Å². The Hall–Kier alpha value is -0.920. The van der Waals surface area contributed by atoms with Gasteiger partial charge in [-0.25, -0.2) is 13.6 Å². The number of carboxylic acid groups (broad SMARTS) is 1. The molecule has 1 aromatic rings. The van der Waals surface area contributed by atoms with Crippen molar-refractivity contribution in [3.8, 4) is 0 Å². The van der Waals surface area contributed by atoms with Crippen molar-refractivity contribution < 1.29 is 18.3 Å². The highest BCUT2D eigenvalue weighted by atomic mass is 79.9. The predicted octanol–water partition coefficient (Wildman–Crippen LogP) is -0.540. The Morgan fingerprint density at radius 3 is 2.43 bits per heavy atom. The second-order valence-electron chi connectivity index (χ2n) is 2.48. The van der Waals surface area contributed by atoms with Crippen LogP contribution in [0.1, 0.15) is 10.4 Å². The molecule has 0 fully saturated rings. The zero-order valence-corrected chi connectivity index (χ0v) is 9.13. The summed E-state index contributed by atoms with van der Waals surface area (Å²) in [6.07, 6.45) is 0. The lowest BCUT2D eigenvalue weighted by molar-refractivity contribution is -0.255. The summed E-state index contributed by atoms with van der Waals surface area (Å²) >= 11 is 2.94. The van der Waals surface area contributed by atoms with Crippen molar-refractivity contribution in [2.24, 2.45) is 5.14 Å². The normalized spacial score (nSPS) is 11.3. The summed E-state index contributed by atoms with van der Waals surface area (Å²) in [4.78, 5) is 10.2. The molecule has 0 aliphatic rings. The highest BCUT2D eigenvalue weighted by Gasteiger charge is 2.13. The van der Waals surface area contributed by atoms with Crippen LogP contribution in [0, 0.1) is 0 Å². The number of carbonyl (C=O) groups excluding carboxylic acids is 1. The number of carbonyl (C=O) groups is 1. The monoisotopic (exact) mass is 278 g/mol. The van der Waals surface area contributed by atoms with E-state index in [0.29, 0.717) is 0 Å². The zero-order valence-electron chi connectivity index (χ0n) is 6.73. The molecule has 0 unspecified atom stereocenters. The first-order chi connectivity index (χ1) is 6.32. The van der Waals surface area contributed by atoms with E-state index in [4.69, 9.17) is 5.14 Å². The van der Waals surface area contributed by atoms with Gasteiger partial charge in [0.25, 0.3) is 0 Å². The number of carboxylic acids is 1. The number of hydrogen-bond acceptors (Lipinski definition) is 4. The maximum atomic E-state index is 11.0. The molecule has 0 bridgehead atoms. The van der Waals surface area contributed by atoms with Gasteiger partial charge in [-0.3, -0.25) is 0 Å². The minimum Gasteiger partial charge on any atom is -0.545 e. The van der Waals surface area contributed by atoms with Gasteiger partial charge in [0.1, 0.15) is 0 Å². The molecule has 0 amide bonds. The first-order valence-electron chi connectivity index (χ1n) is 3.36. The first kappa shape index (κ1) is 11.2. The molecule has 2 N–H and O–H groups in total. The Labute approximate surface area is 88.7 Å². The van der Waals surface area contributed by atoms with Gasteiger partial charge in [0.15, 0.2) is 0 Å². The molecular formula is C7H5BrNO4S-. The van der Waals surface area contributed by atoms with Crippen LogP contribution in [-0.4, -0.2) is 14.4 Å². The average Bonchev–Trinajstić information content (AvgIpc) is 2.02. The summed E-state index contributed by atoms with van der Waals surface area (Å²) in [6, 6.07) is 3.44. The van der Waals surface area contributed by atoms with Gasteiger partial charge in [0, 0.05) is 4.47 Å². The fourth-order valence-corrected chi connectivity index (χ4v) is 2.40. The van der Waals surface area contributed by atoms with Gasteiger partial charge in [-0.1, -0.05) is 6.07 Å². The summed E-state index contributed by atoms with van der Waals surface area (Å²) in [5, 5.41) is 15.3. The Morgan fingerprint density at radius 1 is 1.43 bits per heavy atom. The molecule has 76 valence electrons. The molecule has 0 spiro atoms. The fourth-order valence-electron chi connectivity index (χ4n) is 0.848. The van der Waals surface area contributed by atoms with Crippen molar-refractivity contribution in [3.63, 3.8) is 0 Å². The minimum atomic E-state index is -3.93. The molecule has 1 aromatic carbocycles. The van der Waals surface area contributed by atoms with Crippen LogP contribution in [0.5, 0.6) is 0 Å². The van der Waals surface area contributed by atoms with E-state index in [1.54, 1.807) is 0 Å². The fraction of sp³-hybridized carbons (Fsp3) is 0. The Balaban J connectivity index is 3.44. The molecule has 0 saturated carbocycles. The van der Waals surface area contributed by atoms with E-state index in [1.807, 2.05) is 0 Å². The molecule has 0 saturated heterocycles. The standard InChI is InChI=1S/C7H6BrNO4S/c8-5-2-1-4(7(10)11)3-6(5)14(9,12)13/h1-3H,(H,10,11)(H2,9,12,13)/p-1. The molecule has 7 heteroatoms. The number of nitrogens with two attached hydrogens (primary N) is 1. The quantitative estimate of drug-likeness (QED) is 0.785. The number of halogens is 1. The van der Waals surface area contributed by atoms with Crippen molar-refractivity contribution in [2.75, 3.05) is 0 Å². The molecule has 0 aromatic heterocycles. The van der Waals surface area contributed by atoms with Crippen LogP contribution in [0.3, 0.4) is 0 Å². The topological polar surface area (TPSA) is 100 Å². The molecule has 14 heavy (non-hydrogen) atoms. The number of aromatic carboxylic acids is 1. The zero-order chi connectivity index (χ0) is 10.9. The lowest BCUT2D eigenvalue weighted by Crippen LogP contribution is -2.23. The third-order valence-corrected chi connectivity index (χ3v) is 3.38. The molecule has 0 aliphatic heterocycles. The third kappa shape index (κ3) is 2.31. The van der Waals surface area contributed by atoms with Crippen LogP contribution in [0.15, 0.2) is 27.6 Å². The third-order valence-electron chi connectivity index (χ3n) is 1.47. The summed E-state index contributed by atoms with van der Waals surface area (Å²) in [5.74, 6) is -1.46. The van der Waals surface area contributed by atoms with E-state index < -0.39 is 16.0 Å². The van der Waals surface area contributed by atoms with Gasteiger partial charge in [-0.05, 0) is 33.6 Å². The van der Waals surface area contributed by atoms with Gasteiger partial charge in [-0.15, -0.1) is 0 Å². The Morgan fingerprint density at radius 2 is 2.00 bits per heavy atom. The summed E-state index contributed by atoms with van der Waals surface area (Å²) in [5.41, 5.74) is -0.239. The lowest BCUT2D eigenvalue weighted by Gasteiger charge is -2.06. The van der Waals surface area contributed by atoms with Crippen LogP contribution in [0.4, 0.5) is 0 Å². The number of sulfonamides is 1. The highest BCUT2D eigenvalue weighted by molar-refractivity contribution is 9.10. The first-order valence-corrected chi connectivity index (χ1v) is 5.70. The summed E-state index contributed by atoms with van der Waals surface area (Å²) in [6.45, 7) is 0. The average molecular weight is 279 g/mol. The van der Waals surface area contributed by atoms with Crippen LogP contribution in [0.25, 0.3) is 0 Å². The van der Waals surface area contributed by atoms with E-state index in [0.717, 1.165) is 6.07 Å². The van der Waals surface area contributed by atoms with Gasteiger partial charge >= 0.3 is 0 Å². The molecule has 0 heterocycles. The van der Waals surface area contributed by atoms with Crippen LogP contribution < -0.4 is 10.2 Å². The largest absolute Gasteiger partial charge is 0.545 e. The maximum absolute atomic E-state index is 11.0. The molecule has 0 atom stereocenters. The van der Waals surface area contributed by atoms with E-state index in [1.165, 1.54) is 12.1 Å². The second kappa shape index (κ2) is 3.68. The lowest BCUT2D eigenvalue weighted by atomic mass is 10.2. The van der Waals surface area contributed by atoms with E-state index in [2.05, 4.69) is 15.9 Å². The van der Waals surface area contributed by atoms with E-state index in [-0.39, 0.29) is 14.9 Å². The van der Waals surface area contributed by atoms with Crippen molar-refractivity contribution in [2.45, 2.75) is 4.90 Å². The van der Waals surface area contributed by atoms with Gasteiger partial charge in [0.05, 0.1) is 10.9 Å². The SMILES string of the molecule is NS(=O)(=O)c1cc(C(=O)[O-])ccc1Br.